The number of carbonyl (C=O) groups excluding carboxylic acids is 1. The van der Waals surface area contributed by atoms with Crippen LogP contribution in [0.5, 0.6) is 0 Å². The van der Waals surface area contributed by atoms with E-state index in [1.165, 1.54) is 0 Å². The minimum Gasteiger partial charge on any atom is -0.382 e. The zero-order valence-electron chi connectivity index (χ0n) is 13.2. The summed E-state index contributed by atoms with van der Waals surface area (Å²) in [6.07, 6.45) is 2.66. The summed E-state index contributed by atoms with van der Waals surface area (Å²) >= 11 is 0. The summed E-state index contributed by atoms with van der Waals surface area (Å²) in [6.45, 7) is 9.28. The van der Waals surface area contributed by atoms with Gasteiger partial charge in [0, 0.05) is 31.9 Å². The van der Waals surface area contributed by atoms with Crippen LogP contribution < -0.4 is 4.90 Å². The molecule has 0 unspecified atom stereocenters. The molecule has 0 aromatic heterocycles. The summed E-state index contributed by atoms with van der Waals surface area (Å²) in [5, 5.41) is 9.23. The fraction of sp³-hybridized carbons (Fsp3) is 0.529. The maximum absolute atomic E-state index is 10.9. The van der Waals surface area contributed by atoms with Gasteiger partial charge in [-0.2, -0.15) is 5.26 Å². The third kappa shape index (κ3) is 4.30. The molecule has 4 nitrogen and oxygen atoms in total. The number of rotatable bonds is 6. The van der Waals surface area contributed by atoms with Crippen LogP contribution in [0, 0.1) is 11.3 Å². The summed E-state index contributed by atoms with van der Waals surface area (Å²) in [5.41, 5.74) is 3.31. The quantitative estimate of drug-likeness (QED) is 0.596. The van der Waals surface area contributed by atoms with Crippen LogP contribution in [-0.4, -0.2) is 32.6 Å². The number of hydrogen-bond donors (Lipinski definition) is 0. The molecular formula is C17H24N2O2. The highest BCUT2D eigenvalue weighted by molar-refractivity contribution is 5.80. The Morgan fingerprint density at radius 1 is 1.43 bits per heavy atom. The van der Waals surface area contributed by atoms with Crippen molar-refractivity contribution in [1.29, 1.82) is 5.26 Å². The Morgan fingerprint density at radius 3 is 2.81 bits per heavy atom. The maximum Gasteiger partial charge on any atom is 0.150 e. The molecule has 0 spiro atoms. The zero-order valence-corrected chi connectivity index (χ0v) is 13.2. The van der Waals surface area contributed by atoms with Crippen LogP contribution in [0.1, 0.15) is 48.7 Å². The topological polar surface area (TPSA) is 53.3 Å². The van der Waals surface area contributed by atoms with Crippen LogP contribution in [-0.2, 0) is 11.2 Å². The van der Waals surface area contributed by atoms with Crippen LogP contribution in [0.4, 0.5) is 5.69 Å². The van der Waals surface area contributed by atoms with Crippen molar-refractivity contribution in [2.45, 2.75) is 33.6 Å². The van der Waals surface area contributed by atoms with E-state index in [1.807, 2.05) is 26.8 Å². The molecular weight excluding hydrogens is 264 g/mol. The minimum atomic E-state index is 0.589. The predicted molar refractivity (Wildman–Crippen MR) is 84.9 cm³/mol. The fourth-order valence-corrected chi connectivity index (χ4v) is 2.53. The van der Waals surface area contributed by atoms with E-state index < -0.39 is 0 Å². The van der Waals surface area contributed by atoms with Crippen LogP contribution in [0.3, 0.4) is 0 Å². The Morgan fingerprint density at radius 2 is 2.19 bits per heavy atom. The SMILES string of the molecule is CC.CCOCCCN1CCc2cc(C=O)cc(C#N)c21. The fourth-order valence-electron chi connectivity index (χ4n) is 2.53. The first-order valence-electron chi connectivity index (χ1n) is 7.65. The number of carbonyl (C=O) groups is 1. The molecule has 114 valence electrons. The zero-order chi connectivity index (χ0) is 15.7. The summed E-state index contributed by atoms with van der Waals surface area (Å²) in [4.78, 5) is 13.1. The molecule has 1 aromatic carbocycles. The lowest BCUT2D eigenvalue weighted by atomic mass is 10.0. The number of nitrogens with zero attached hydrogens (tertiary/aromatic N) is 2. The number of aldehydes is 1. The molecule has 2 rings (SSSR count). The van der Waals surface area contributed by atoms with Gasteiger partial charge in [-0.1, -0.05) is 13.8 Å². The number of anilines is 1. The summed E-state index contributed by atoms with van der Waals surface area (Å²) in [5.74, 6) is 0. The average Bonchev–Trinajstić information content (AvgIpc) is 2.95. The second kappa shape index (κ2) is 9.15. The van der Waals surface area contributed by atoms with Gasteiger partial charge in [0.1, 0.15) is 12.4 Å². The van der Waals surface area contributed by atoms with Gasteiger partial charge >= 0.3 is 0 Å². The van der Waals surface area contributed by atoms with Gasteiger partial charge in [-0.15, -0.1) is 0 Å². The normalized spacial score (nSPS) is 12.2. The lowest BCUT2D eigenvalue weighted by Crippen LogP contribution is -2.23. The highest BCUT2D eigenvalue weighted by Crippen LogP contribution is 2.32. The van der Waals surface area contributed by atoms with Gasteiger partial charge in [0.15, 0.2) is 0 Å². The van der Waals surface area contributed by atoms with E-state index in [-0.39, 0.29) is 0 Å². The van der Waals surface area contributed by atoms with E-state index in [0.717, 1.165) is 56.7 Å². The second-order valence-electron chi connectivity index (χ2n) is 4.59. The van der Waals surface area contributed by atoms with Gasteiger partial charge < -0.3 is 9.64 Å². The molecule has 1 aliphatic heterocycles. The molecule has 1 heterocycles. The van der Waals surface area contributed by atoms with Crippen molar-refractivity contribution < 1.29 is 9.53 Å². The molecule has 0 aliphatic carbocycles. The molecule has 0 bridgehead atoms. The number of ether oxygens (including phenoxy) is 1. The lowest BCUT2D eigenvalue weighted by molar-refractivity contribution is 0.112. The number of nitriles is 1. The van der Waals surface area contributed by atoms with Gasteiger partial charge in [0.05, 0.1) is 11.3 Å². The van der Waals surface area contributed by atoms with Gasteiger partial charge in [0.2, 0.25) is 0 Å². The smallest absolute Gasteiger partial charge is 0.150 e. The van der Waals surface area contributed by atoms with Crippen LogP contribution in [0.2, 0.25) is 0 Å². The molecule has 1 aromatic rings. The Labute approximate surface area is 127 Å². The third-order valence-electron chi connectivity index (χ3n) is 3.36. The van der Waals surface area contributed by atoms with Crippen LogP contribution in [0.15, 0.2) is 12.1 Å². The van der Waals surface area contributed by atoms with Crippen molar-refractivity contribution in [2.24, 2.45) is 0 Å². The standard InChI is InChI=1S/C15H18N2O2.C2H6/c1-2-19-7-3-5-17-6-4-13-8-12(11-18)9-14(10-16)15(13)17;1-2/h8-9,11H,2-7H2,1H3;1-2H3. The van der Waals surface area contributed by atoms with Crippen LogP contribution in [0.25, 0.3) is 0 Å². The Hall–Kier alpha value is -1.86. The molecule has 0 amide bonds. The monoisotopic (exact) mass is 288 g/mol. The summed E-state index contributed by atoms with van der Waals surface area (Å²) < 4.78 is 5.34. The van der Waals surface area contributed by atoms with Crippen LogP contribution >= 0.6 is 0 Å². The molecule has 21 heavy (non-hydrogen) atoms. The predicted octanol–water partition coefficient (Wildman–Crippen LogP) is 3.19. The molecule has 0 fully saturated rings. The Balaban J connectivity index is 0.00000106. The molecule has 0 saturated heterocycles. The number of benzene rings is 1. The van der Waals surface area contributed by atoms with Gasteiger partial charge in [-0.3, -0.25) is 4.79 Å². The van der Waals surface area contributed by atoms with E-state index in [2.05, 4.69) is 11.0 Å². The van der Waals surface area contributed by atoms with Crippen molar-refractivity contribution in [2.75, 3.05) is 31.2 Å². The third-order valence-corrected chi connectivity index (χ3v) is 3.36. The van der Waals surface area contributed by atoms with Gasteiger partial charge in [-0.05, 0) is 37.5 Å². The van der Waals surface area contributed by atoms with Crippen molar-refractivity contribution in [3.05, 3.63) is 28.8 Å². The molecule has 4 heteroatoms. The first kappa shape index (κ1) is 17.2. The minimum absolute atomic E-state index is 0.589. The van der Waals surface area contributed by atoms with Crippen molar-refractivity contribution in [3.63, 3.8) is 0 Å². The number of fused-ring (bicyclic) bond motifs is 1. The molecule has 0 atom stereocenters. The van der Waals surface area contributed by atoms with E-state index in [9.17, 15) is 10.1 Å². The van der Waals surface area contributed by atoms with E-state index in [1.54, 1.807) is 6.07 Å². The summed E-state index contributed by atoms with van der Waals surface area (Å²) in [7, 11) is 0. The van der Waals surface area contributed by atoms with E-state index in [0.29, 0.717) is 11.1 Å². The molecule has 0 N–H and O–H groups in total. The Bertz CT molecular complexity index is 506. The first-order valence-corrected chi connectivity index (χ1v) is 7.65. The van der Waals surface area contributed by atoms with Gasteiger partial charge in [0.25, 0.3) is 0 Å². The van der Waals surface area contributed by atoms with Crippen molar-refractivity contribution in [1.82, 2.24) is 0 Å². The highest BCUT2D eigenvalue weighted by Gasteiger charge is 2.22. The molecule has 0 saturated carbocycles. The Kier molecular flexibility index (Phi) is 7.49. The summed E-state index contributed by atoms with van der Waals surface area (Å²) in [6, 6.07) is 5.77. The van der Waals surface area contributed by atoms with E-state index in [4.69, 9.17) is 4.74 Å². The first-order chi connectivity index (χ1) is 10.3. The van der Waals surface area contributed by atoms with Crippen molar-refractivity contribution in [3.8, 4) is 6.07 Å². The van der Waals surface area contributed by atoms with Gasteiger partial charge in [-0.25, -0.2) is 0 Å². The van der Waals surface area contributed by atoms with E-state index >= 15 is 0 Å². The van der Waals surface area contributed by atoms with Crippen molar-refractivity contribution >= 4 is 12.0 Å². The molecule has 1 aliphatic rings. The largest absolute Gasteiger partial charge is 0.382 e. The average molecular weight is 288 g/mol. The second-order valence-corrected chi connectivity index (χ2v) is 4.59. The number of hydrogen-bond acceptors (Lipinski definition) is 4. The highest BCUT2D eigenvalue weighted by atomic mass is 16.5. The maximum atomic E-state index is 10.9. The lowest BCUT2D eigenvalue weighted by Gasteiger charge is -2.20. The molecule has 0 radical (unpaired) electrons.